The molecular formula is C8H14N2O3. The molecule has 0 bridgehead atoms. The van der Waals surface area contributed by atoms with Crippen molar-refractivity contribution in [2.45, 2.75) is 18.9 Å². The van der Waals surface area contributed by atoms with Gasteiger partial charge in [0.05, 0.1) is 0 Å². The van der Waals surface area contributed by atoms with Crippen LogP contribution in [0.25, 0.3) is 0 Å². The maximum atomic E-state index is 11.0. The Bertz CT molecular complexity index is 209. The van der Waals surface area contributed by atoms with E-state index in [2.05, 4.69) is 5.32 Å². The van der Waals surface area contributed by atoms with Crippen LogP contribution >= 0.6 is 0 Å². The van der Waals surface area contributed by atoms with E-state index in [4.69, 9.17) is 5.11 Å². The van der Waals surface area contributed by atoms with Gasteiger partial charge in [0.15, 0.2) is 0 Å². The van der Waals surface area contributed by atoms with Crippen LogP contribution < -0.4 is 5.32 Å². The van der Waals surface area contributed by atoms with Crippen LogP contribution in [0.2, 0.25) is 0 Å². The third kappa shape index (κ3) is 2.42. The molecule has 0 saturated carbocycles. The highest BCUT2D eigenvalue weighted by molar-refractivity contribution is 6.31. The second-order valence-corrected chi connectivity index (χ2v) is 3.16. The lowest BCUT2D eigenvalue weighted by atomic mass is 10.1. The molecule has 1 aliphatic heterocycles. The van der Waals surface area contributed by atoms with Crippen molar-refractivity contribution in [3.8, 4) is 0 Å². The highest BCUT2D eigenvalue weighted by atomic mass is 16.4. The summed E-state index contributed by atoms with van der Waals surface area (Å²) in [7, 11) is 1.87. The first-order valence-corrected chi connectivity index (χ1v) is 4.34. The molecule has 0 aromatic heterocycles. The number of likely N-dealkylation sites (tertiary alicyclic amines) is 1. The minimum Gasteiger partial charge on any atom is -0.474 e. The highest BCUT2D eigenvalue weighted by Gasteiger charge is 2.25. The SMILES string of the molecule is CNC1CCN(C(=O)C(=O)O)CC1. The van der Waals surface area contributed by atoms with E-state index >= 15 is 0 Å². The van der Waals surface area contributed by atoms with Crippen molar-refractivity contribution in [3.05, 3.63) is 0 Å². The van der Waals surface area contributed by atoms with Crippen LogP contribution in [-0.2, 0) is 9.59 Å². The zero-order valence-electron chi connectivity index (χ0n) is 7.62. The fraction of sp³-hybridized carbons (Fsp3) is 0.750. The second kappa shape index (κ2) is 4.23. The Morgan fingerprint density at radius 3 is 2.31 bits per heavy atom. The molecule has 1 saturated heterocycles. The molecule has 0 atom stereocenters. The average molecular weight is 186 g/mol. The molecule has 5 nitrogen and oxygen atoms in total. The van der Waals surface area contributed by atoms with Crippen molar-refractivity contribution in [1.82, 2.24) is 10.2 Å². The van der Waals surface area contributed by atoms with E-state index in [1.54, 1.807) is 0 Å². The number of nitrogens with zero attached hydrogens (tertiary/aromatic N) is 1. The number of piperidine rings is 1. The van der Waals surface area contributed by atoms with Crippen molar-refractivity contribution in [2.24, 2.45) is 0 Å². The van der Waals surface area contributed by atoms with Gasteiger partial charge in [-0.2, -0.15) is 0 Å². The zero-order chi connectivity index (χ0) is 9.84. The van der Waals surface area contributed by atoms with Crippen molar-refractivity contribution in [3.63, 3.8) is 0 Å². The maximum absolute atomic E-state index is 11.0. The normalized spacial score (nSPS) is 18.7. The van der Waals surface area contributed by atoms with Gasteiger partial charge in [-0.1, -0.05) is 0 Å². The van der Waals surface area contributed by atoms with E-state index in [1.807, 2.05) is 7.05 Å². The molecule has 0 aromatic carbocycles. The number of hydrogen-bond donors (Lipinski definition) is 2. The van der Waals surface area contributed by atoms with Crippen LogP contribution in [0.15, 0.2) is 0 Å². The van der Waals surface area contributed by atoms with Crippen LogP contribution in [0.3, 0.4) is 0 Å². The Balaban J connectivity index is 2.41. The predicted molar refractivity (Wildman–Crippen MR) is 46.3 cm³/mol. The summed E-state index contributed by atoms with van der Waals surface area (Å²) in [5.74, 6) is -2.14. The Labute approximate surface area is 76.7 Å². The van der Waals surface area contributed by atoms with Crippen molar-refractivity contribution in [2.75, 3.05) is 20.1 Å². The Morgan fingerprint density at radius 2 is 1.92 bits per heavy atom. The number of hydrogen-bond acceptors (Lipinski definition) is 3. The number of carboxylic acid groups (broad SMARTS) is 1. The molecule has 0 aromatic rings. The molecule has 0 radical (unpaired) electrons. The first kappa shape index (κ1) is 9.98. The van der Waals surface area contributed by atoms with Gasteiger partial charge in [0.2, 0.25) is 0 Å². The third-order valence-corrected chi connectivity index (χ3v) is 2.37. The molecule has 0 spiro atoms. The molecule has 1 aliphatic rings. The number of aliphatic carboxylic acids is 1. The largest absolute Gasteiger partial charge is 0.474 e. The number of carboxylic acids is 1. The van der Waals surface area contributed by atoms with Crippen LogP contribution in [0.5, 0.6) is 0 Å². The van der Waals surface area contributed by atoms with E-state index in [0.29, 0.717) is 19.1 Å². The zero-order valence-corrected chi connectivity index (χ0v) is 7.62. The fourth-order valence-corrected chi connectivity index (χ4v) is 1.51. The molecule has 1 amide bonds. The van der Waals surface area contributed by atoms with E-state index in [-0.39, 0.29) is 0 Å². The second-order valence-electron chi connectivity index (χ2n) is 3.16. The molecule has 1 heterocycles. The summed E-state index contributed by atoms with van der Waals surface area (Å²) in [5, 5.41) is 11.6. The van der Waals surface area contributed by atoms with Crippen LogP contribution in [-0.4, -0.2) is 48.1 Å². The first-order valence-electron chi connectivity index (χ1n) is 4.34. The lowest BCUT2D eigenvalue weighted by molar-refractivity contribution is -0.156. The van der Waals surface area contributed by atoms with Crippen molar-refractivity contribution in [1.29, 1.82) is 0 Å². The van der Waals surface area contributed by atoms with Gasteiger partial charge >= 0.3 is 11.9 Å². The Hall–Kier alpha value is -1.10. The summed E-state index contributed by atoms with van der Waals surface area (Å²) in [6.07, 6.45) is 1.66. The van der Waals surface area contributed by atoms with Crippen LogP contribution in [0.4, 0.5) is 0 Å². The van der Waals surface area contributed by atoms with E-state index in [9.17, 15) is 9.59 Å². The smallest absolute Gasteiger partial charge is 0.394 e. The number of amides is 1. The van der Waals surface area contributed by atoms with Crippen molar-refractivity contribution >= 4 is 11.9 Å². The quantitative estimate of drug-likeness (QED) is 0.530. The van der Waals surface area contributed by atoms with Gasteiger partial charge in [-0.05, 0) is 19.9 Å². The standard InChI is InChI=1S/C8H14N2O3/c1-9-6-2-4-10(5-3-6)7(11)8(12)13/h6,9H,2-5H2,1H3,(H,12,13). The van der Waals surface area contributed by atoms with Gasteiger partial charge in [0, 0.05) is 19.1 Å². The number of carbonyl (C=O) groups is 2. The lowest BCUT2D eigenvalue weighted by Gasteiger charge is -2.30. The molecule has 74 valence electrons. The highest BCUT2D eigenvalue weighted by Crippen LogP contribution is 2.09. The molecule has 2 N–H and O–H groups in total. The van der Waals surface area contributed by atoms with Gasteiger partial charge < -0.3 is 15.3 Å². The topological polar surface area (TPSA) is 69.6 Å². The predicted octanol–water partition coefficient (Wildman–Crippen LogP) is -0.719. The fourth-order valence-electron chi connectivity index (χ4n) is 1.51. The minimum absolute atomic E-state index is 0.415. The van der Waals surface area contributed by atoms with Gasteiger partial charge in [-0.3, -0.25) is 4.79 Å². The molecule has 0 unspecified atom stereocenters. The van der Waals surface area contributed by atoms with E-state index in [0.717, 1.165) is 12.8 Å². The first-order chi connectivity index (χ1) is 6.15. The molecular weight excluding hydrogens is 172 g/mol. The molecule has 0 aliphatic carbocycles. The van der Waals surface area contributed by atoms with Crippen molar-refractivity contribution < 1.29 is 14.7 Å². The molecule has 1 fully saturated rings. The Morgan fingerprint density at radius 1 is 1.38 bits per heavy atom. The molecule has 13 heavy (non-hydrogen) atoms. The third-order valence-electron chi connectivity index (χ3n) is 2.37. The van der Waals surface area contributed by atoms with E-state index in [1.165, 1.54) is 4.90 Å². The molecule has 5 heteroatoms. The van der Waals surface area contributed by atoms with Gasteiger partial charge in [-0.15, -0.1) is 0 Å². The monoisotopic (exact) mass is 186 g/mol. The number of carbonyl (C=O) groups excluding carboxylic acids is 1. The van der Waals surface area contributed by atoms with Gasteiger partial charge in [0.25, 0.3) is 0 Å². The summed E-state index contributed by atoms with van der Waals surface area (Å²) >= 11 is 0. The number of rotatable bonds is 1. The Kier molecular flexibility index (Phi) is 3.25. The van der Waals surface area contributed by atoms with Gasteiger partial charge in [0.1, 0.15) is 0 Å². The summed E-state index contributed by atoms with van der Waals surface area (Å²) in [4.78, 5) is 22.7. The average Bonchev–Trinajstić information content (AvgIpc) is 2.17. The summed E-state index contributed by atoms with van der Waals surface area (Å²) < 4.78 is 0. The van der Waals surface area contributed by atoms with Crippen LogP contribution in [0.1, 0.15) is 12.8 Å². The van der Waals surface area contributed by atoms with Gasteiger partial charge in [-0.25, -0.2) is 4.79 Å². The minimum atomic E-state index is -1.36. The lowest BCUT2D eigenvalue weighted by Crippen LogP contribution is -2.46. The maximum Gasteiger partial charge on any atom is 0.394 e. The summed E-state index contributed by atoms with van der Waals surface area (Å²) in [5.41, 5.74) is 0. The molecule has 1 rings (SSSR count). The van der Waals surface area contributed by atoms with E-state index < -0.39 is 11.9 Å². The van der Waals surface area contributed by atoms with Crippen LogP contribution in [0, 0.1) is 0 Å². The summed E-state index contributed by atoms with van der Waals surface area (Å²) in [6, 6.07) is 0.415. The summed E-state index contributed by atoms with van der Waals surface area (Å²) in [6.45, 7) is 1.08. The number of nitrogens with one attached hydrogen (secondary N) is 1.